The molecule has 2 rings (SSSR count). The molecule has 0 amide bonds. The summed E-state index contributed by atoms with van der Waals surface area (Å²) in [6.45, 7) is 1.07. The van der Waals surface area contributed by atoms with E-state index >= 15 is 0 Å². The zero-order chi connectivity index (χ0) is 13.2. The van der Waals surface area contributed by atoms with E-state index in [0.29, 0.717) is 25.1 Å². The van der Waals surface area contributed by atoms with Gasteiger partial charge >= 0.3 is 0 Å². The fourth-order valence-corrected chi connectivity index (χ4v) is 3.32. The summed E-state index contributed by atoms with van der Waals surface area (Å²) in [6.07, 6.45) is 3.80. The number of hydrogen-bond acceptors (Lipinski definition) is 5. The van der Waals surface area contributed by atoms with E-state index in [-0.39, 0.29) is 17.3 Å². The number of nitrogens with one attached hydrogen (secondary N) is 1. The highest BCUT2D eigenvalue weighted by Gasteiger charge is 2.21. The van der Waals surface area contributed by atoms with E-state index in [1.165, 1.54) is 0 Å². The fourth-order valence-electron chi connectivity index (χ4n) is 2.05. The lowest BCUT2D eigenvalue weighted by atomic mass is 10.2. The lowest BCUT2D eigenvalue weighted by molar-refractivity contribution is 0.597. The second kappa shape index (κ2) is 4.93. The third kappa shape index (κ3) is 2.79. The molecule has 1 fully saturated rings. The van der Waals surface area contributed by atoms with Gasteiger partial charge in [0, 0.05) is 24.8 Å². The molecule has 0 saturated carbocycles. The van der Waals surface area contributed by atoms with Gasteiger partial charge in [0.05, 0.1) is 23.4 Å². The molecule has 1 aromatic rings. The van der Waals surface area contributed by atoms with Crippen molar-refractivity contribution in [2.45, 2.75) is 6.42 Å². The molecule has 7 heteroatoms. The average Bonchev–Trinajstić information content (AvgIpc) is 2.50. The highest BCUT2D eigenvalue weighted by molar-refractivity contribution is 7.91. The second-order valence-corrected chi connectivity index (χ2v) is 6.60. The Morgan fingerprint density at radius 1 is 1.39 bits per heavy atom. The zero-order valence-electron chi connectivity index (χ0n) is 9.96. The molecule has 1 saturated heterocycles. The van der Waals surface area contributed by atoms with Crippen LogP contribution in [0.3, 0.4) is 0 Å². The molecule has 0 radical (unpaired) electrons. The van der Waals surface area contributed by atoms with Crippen molar-refractivity contribution in [2.75, 3.05) is 29.5 Å². The van der Waals surface area contributed by atoms with Crippen molar-refractivity contribution < 1.29 is 8.42 Å². The Labute approximate surface area is 106 Å². The van der Waals surface area contributed by atoms with Gasteiger partial charge in [0.1, 0.15) is 5.84 Å². The maximum absolute atomic E-state index is 11.6. The van der Waals surface area contributed by atoms with E-state index in [1.54, 1.807) is 18.5 Å². The number of nitrogens with two attached hydrogens (primary N) is 1. The summed E-state index contributed by atoms with van der Waals surface area (Å²) >= 11 is 0. The van der Waals surface area contributed by atoms with Crippen LogP contribution in [0, 0.1) is 5.41 Å². The van der Waals surface area contributed by atoms with E-state index in [9.17, 15) is 8.42 Å². The monoisotopic (exact) mass is 268 g/mol. The fraction of sp³-hybridized carbons (Fsp3) is 0.455. The van der Waals surface area contributed by atoms with Crippen molar-refractivity contribution in [2.24, 2.45) is 5.73 Å². The first-order chi connectivity index (χ1) is 8.49. The third-order valence-corrected chi connectivity index (χ3v) is 4.70. The van der Waals surface area contributed by atoms with Crippen LogP contribution in [0.25, 0.3) is 0 Å². The van der Waals surface area contributed by atoms with Crippen LogP contribution in [0.5, 0.6) is 0 Å². The van der Waals surface area contributed by atoms with Gasteiger partial charge in [-0.05, 0) is 12.5 Å². The second-order valence-electron chi connectivity index (χ2n) is 4.30. The topological polar surface area (TPSA) is 100 Å². The quantitative estimate of drug-likeness (QED) is 0.580. The number of nitrogens with zero attached hydrogens (tertiary/aromatic N) is 2. The van der Waals surface area contributed by atoms with Crippen molar-refractivity contribution in [3.63, 3.8) is 0 Å². The predicted octanol–water partition coefficient (Wildman–Crippen LogP) is -0.00943. The number of aromatic nitrogens is 1. The largest absolute Gasteiger partial charge is 0.384 e. The van der Waals surface area contributed by atoms with Crippen LogP contribution in [-0.2, 0) is 9.84 Å². The summed E-state index contributed by atoms with van der Waals surface area (Å²) in [6, 6.07) is 1.68. The SMILES string of the molecule is N=C(N)c1ccncc1N1CCCS(=O)(=O)CC1. The van der Waals surface area contributed by atoms with Crippen LogP contribution in [-0.4, -0.2) is 43.8 Å². The maximum atomic E-state index is 11.6. The minimum atomic E-state index is -2.94. The van der Waals surface area contributed by atoms with Crippen molar-refractivity contribution >= 4 is 21.4 Å². The number of rotatable bonds is 2. The Morgan fingerprint density at radius 2 is 2.17 bits per heavy atom. The van der Waals surface area contributed by atoms with Gasteiger partial charge in [-0.15, -0.1) is 0 Å². The third-order valence-electron chi connectivity index (χ3n) is 2.99. The molecular formula is C11H16N4O2S. The minimum absolute atomic E-state index is 0.0282. The number of anilines is 1. The van der Waals surface area contributed by atoms with E-state index in [4.69, 9.17) is 11.1 Å². The summed E-state index contributed by atoms with van der Waals surface area (Å²) in [4.78, 5) is 5.97. The number of hydrogen-bond donors (Lipinski definition) is 2. The summed E-state index contributed by atoms with van der Waals surface area (Å²) in [5.41, 5.74) is 6.86. The van der Waals surface area contributed by atoms with E-state index < -0.39 is 9.84 Å². The van der Waals surface area contributed by atoms with Gasteiger partial charge in [-0.3, -0.25) is 10.4 Å². The molecule has 0 aliphatic carbocycles. The Morgan fingerprint density at radius 3 is 2.89 bits per heavy atom. The minimum Gasteiger partial charge on any atom is -0.384 e. The molecular weight excluding hydrogens is 252 g/mol. The van der Waals surface area contributed by atoms with Crippen LogP contribution in [0.4, 0.5) is 5.69 Å². The summed E-state index contributed by atoms with van der Waals surface area (Å²) < 4.78 is 23.1. The number of pyridine rings is 1. The van der Waals surface area contributed by atoms with Crippen LogP contribution >= 0.6 is 0 Å². The first kappa shape index (κ1) is 12.8. The smallest absolute Gasteiger partial charge is 0.152 e. The van der Waals surface area contributed by atoms with Gasteiger partial charge in [-0.1, -0.05) is 0 Å². The molecule has 0 spiro atoms. The molecule has 1 aromatic heterocycles. The maximum Gasteiger partial charge on any atom is 0.152 e. The van der Waals surface area contributed by atoms with E-state index in [1.807, 2.05) is 4.90 Å². The van der Waals surface area contributed by atoms with Crippen molar-refractivity contribution in [1.82, 2.24) is 4.98 Å². The van der Waals surface area contributed by atoms with Crippen LogP contribution < -0.4 is 10.6 Å². The van der Waals surface area contributed by atoms with Gasteiger partial charge < -0.3 is 10.6 Å². The van der Waals surface area contributed by atoms with Gasteiger partial charge in [-0.25, -0.2) is 8.42 Å². The van der Waals surface area contributed by atoms with Crippen LogP contribution in [0.15, 0.2) is 18.5 Å². The average molecular weight is 268 g/mol. The van der Waals surface area contributed by atoms with Gasteiger partial charge in [-0.2, -0.15) is 0 Å². The predicted molar refractivity (Wildman–Crippen MR) is 70.7 cm³/mol. The molecule has 0 bridgehead atoms. The van der Waals surface area contributed by atoms with Gasteiger partial charge in [0.25, 0.3) is 0 Å². The Hall–Kier alpha value is -1.63. The Kier molecular flexibility index (Phi) is 3.51. The Balaban J connectivity index is 2.29. The summed E-state index contributed by atoms with van der Waals surface area (Å²) in [5, 5.41) is 7.53. The highest BCUT2D eigenvalue weighted by Crippen LogP contribution is 2.20. The molecule has 2 heterocycles. The lowest BCUT2D eigenvalue weighted by Gasteiger charge is -2.23. The van der Waals surface area contributed by atoms with E-state index in [2.05, 4.69) is 4.98 Å². The standard InChI is InChI=1S/C11H16N4O2S/c12-11(13)9-2-3-14-8-10(9)15-4-1-6-18(16,17)7-5-15/h2-3,8H,1,4-7H2,(H3,12,13). The molecule has 6 nitrogen and oxygen atoms in total. The molecule has 1 aliphatic rings. The molecule has 18 heavy (non-hydrogen) atoms. The van der Waals surface area contributed by atoms with Gasteiger partial charge in [0.15, 0.2) is 9.84 Å². The molecule has 1 aliphatic heterocycles. The normalized spacial score (nSPS) is 19.2. The first-order valence-corrected chi connectivity index (χ1v) is 7.55. The molecule has 0 unspecified atom stereocenters. The van der Waals surface area contributed by atoms with E-state index in [0.717, 1.165) is 5.69 Å². The molecule has 3 N–H and O–H groups in total. The summed E-state index contributed by atoms with van der Waals surface area (Å²) in [7, 11) is -2.94. The summed E-state index contributed by atoms with van der Waals surface area (Å²) in [5.74, 6) is 0.331. The highest BCUT2D eigenvalue weighted by atomic mass is 32.2. The number of amidine groups is 1. The van der Waals surface area contributed by atoms with Crippen LogP contribution in [0.2, 0.25) is 0 Å². The number of sulfone groups is 1. The van der Waals surface area contributed by atoms with Gasteiger partial charge in [0.2, 0.25) is 0 Å². The molecule has 0 aromatic carbocycles. The first-order valence-electron chi connectivity index (χ1n) is 5.73. The zero-order valence-corrected chi connectivity index (χ0v) is 10.8. The Bertz CT molecular complexity index is 556. The molecule has 98 valence electrons. The lowest BCUT2D eigenvalue weighted by Crippen LogP contribution is -2.29. The molecule has 0 atom stereocenters. The van der Waals surface area contributed by atoms with Crippen molar-refractivity contribution in [3.05, 3.63) is 24.0 Å². The number of nitrogen functional groups attached to an aromatic ring is 1. The van der Waals surface area contributed by atoms with Crippen molar-refractivity contribution in [3.8, 4) is 0 Å². The van der Waals surface area contributed by atoms with Crippen LogP contribution in [0.1, 0.15) is 12.0 Å². The van der Waals surface area contributed by atoms with Crippen molar-refractivity contribution in [1.29, 1.82) is 5.41 Å².